The van der Waals surface area contributed by atoms with Crippen LogP contribution in [0.4, 0.5) is 13.2 Å². The first-order valence-corrected chi connectivity index (χ1v) is 5.67. The van der Waals surface area contributed by atoms with Crippen molar-refractivity contribution >= 4 is 11.2 Å². The molecule has 5 nitrogen and oxygen atoms in total. The predicted molar refractivity (Wildman–Crippen MR) is 65.0 cm³/mol. The highest BCUT2D eigenvalue weighted by atomic mass is 19.4. The molecule has 3 rings (SSSR count). The van der Waals surface area contributed by atoms with Crippen molar-refractivity contribution in [2.45, 2.75) is 6.36 Å². The zero-order valence-electron chi connectivity index (χ0n) is 10.3. The highest BCUT2D eigenvalue weighted by molar-refractivity contribution is 5.77. The Kier molecular flexibility index (Phi) is 2.66. The number of imidazole rings is 1. The van der Waals surface area contributed by atoms with Crippen LogP contribution in [-0.2, 0) is 7.05 Å². The smallest absolute Gasteiger partial charge is 0.405 e. The molecule has 0 saturated carbocycles. The Morgan fingerprint density at radius 2 is 2.00 bits per heavy atom. The fraction of sp³-hybridized carbons (Fsp3) is 0.167. The lowest BCUT2D eigenvalue weighted by molar-refractivity contribution is -0.274. The predicted octanol–water partition coefficient (Wildman–Crippen LogP) is 2.86. The van der Waals surface area contributed by atoms with Gasteiger partial charge in [0.1, 0.15) is 17.1 Å². The quantitative estimate of drug-likeness (QED) is 0.786. The summed E-state index contributed by atoms with van der Waals surface area (Å²) in [5, 5.41) is 3.98. The van der Waals surface area contributed by atoms with Crippen LogP contribution in [-0.4, -0.2) is 26.1 Å². The normalized spacial score (nSPS) is 12.0. The molecule has 0 unspecified atom stereocenters. The van der Waals surface area contributed by atoms with E-state index in [1.807, 2.05) is 0 Å². The number of nitrogens with one attached hydrogen (secondary N) is 1. The minimum atomic E-state index is -4.75. The zero-order chi connectivity index (χ0) is 14.3. The number of nitrogens with zero attached hydrogens (tertiary/aromatic N) is 3. The van der Waals surface area contributed by atoms with Gasteiger partial charge >= 0.3 is 6.36 Å². The van der Waals surface area contributed by atoms with E-state index in [9.17, 15) is 13.2 Å². The first-order valence-electron chi connectivity index (χ1n) is 5.67. The van der Waals surface area contributed by atoms with Gasteiger partial charge in [-0.05, 0) is 12.1 Å². The van der Waals surface area contributed by atoms with E-state index < -0.39 is 6.36 Å². The molecule has 0 aliphatic rings. The number of hydrogen-bond donors (Lipinski definition) is 1. The van der Waals surface area contributed by atoms with Crippen molar-refractivity contribution in [3.8, 4) is 17.1 Å². The molecule has 0 fully saturated rings. The Hall–Kier alpha value is -2.51. The molecule has 1 N–H and O–H groups in total. The summed E-state index contributed by atoms with van der Waals surface area (Å²) in [4.78, 5) is 7.15. The molecule has 0 atom stereocenters. The molecule has 0 radical (unpaired) electrons. The van der Waals surface area contributed by atoms with Crippen LogP contribution in [0.2, 0.25) is 0 Å². The molecule has 2 heterocycles. The average Bonchev–Trinajstić information content (AvgIpc) is 2.91. The molecule has 0 aliphatic heterocycles. The lowest BCUT2D eigenvalue weighted by atomic mass is 10.2. The molecule has 2 aromatic heterocycles. The van der Waals surface area contributed by atoms with E-state index in [4.69, 9.17) is 0 Å². The standard InChI is InChI=1S/C12H9F3N4O/c1-19-11-8(6-16-19)17-10(18-11)7-4-2-3-5-9(7)20-12(13,14)15/h2-6H,1H3,(H,17,18). The van der Waals surface area contributed by atoms with Crippen LogP contribution in [0.1, 0.15) is 0 Å². The van der Waals surface area contributed by atoms with E-state index in [1.54, 1.807) is 19.3 Å². The number of fused-ring (bicyclic) bond motifs is 1. The maximum atomic E-state index is 12.4. The lowest BCUT2D eigenvalue weighted by Crippen LogP contribution is -2.17. The third-order valence-electron chi connectivity index (χ3n) is 2.75. The summed E-state index contributed by atoms with van der Waals surface area (Å²) in [6.07, 6.45) is -3.19. The summed E-state index contributed by atoms with van der Waals surface area (Å²) in [6, 6.07) is 5.83. The highest BCUT2D eigenvalue weighted by Gasteiger charge is 2.32. The summed E-state index contributed by atoms with van der Waals surface area (Å²) in [5.74, 6) is -0.000125. The number of halogens is 3. The van der Waals surface area contributed by atoms with Crippen LogP contribution >= 0.6 is 0 Å². The lowest BCUT2D eigenvalue weighted by Gasteiger charge is -2.11. The molecule has 8 heteroatoms. The van der Waals surface area contributed by atoms with Crippen LogP contribution in [0, 0.1) is 0 Å². The molecule has 0 bridgehead atoms. The number of aryl methyl sites for hydroxylation is 1. The van der Waals surface area contributed by atoms with E-state index in [2.05, 4.69) is 19.8 Å². The maximum Gasteiger partial charge on any atom is 0.573 e. The second kappa shape index (κ2) is 4.26. The van der Waals surface area contributed by atoms with Crippen molar-refractivity contribution in [3.05, 3.63) is 30.5 Å². The molecule has 0 amide bonds. The van der Waals surface area contributed by atoms with Gasteiger partial charge in [-0.1, -0.05) is 12.1 Å². The van der Waals surface area contributed by atoms with E-state index in [-0.39, 0.29) is 11.3 Å². The Balaban J connectivity index is 2.09. The van der Waals surface area contributed by atoms with E-state index in [1.165, 1.54) is 22.9 Å². The number of para-hydroxylation sites is 1. The minimum Gasteiger partial charge on any atom is -0.405 e. The summed E-state index contributed by atoms with van der Waals surface area (Å²) >= 11 is 0. The van der Waals surface area contributed by atoms with Crippen molar-refractivity contribution in [3.63, 3.8) is 0 Å². The van der Waals surface area contributed by atoms with Crippen molar-refractivity contribution in [2.24, 2.45) is 7.05 Å². The summed E-state index contributed by atoms with van der Waals surface area (Å²) < 4.78 is 42.7. The number of ether oxygens (including phenoxy) is 1. The van der Waals surface area contributed by atoms with Crippen molar-refractivity contribution in [2.75, 3.05) is 0 Å². The Labute approximate surface area is 111 Å². The first kappa shape index (κ1) is 12.5. The summed E-state index contributed by atoms with van der Waals surface area (Å²) in [7, 11) is 1.70. The van der Waals surface area contributed by atoms with Crippen LogP contribution < -0.4 is 4.74 Å². The summed E-state index contributed by atoms with van der Waals surface area (Å²) in [5.41, 5.74) is 1.44. The Morgan fingerprint density at radius 1 is 1.25 bits per heavy atom. The maximum absolute atomic E-state index is 12.4. The summed E-state index contributed by atoms with van der Waals surface area (Å²) in [6.45, 7) is 0. The number of hydrogen-bond acceptors (Lipinski definition) is 3. The van der Waals surface area contributed by atoms with Gasteiger partial charge in [-0.3, -0.25) is 0 Å². The second-order valence-electron chi connectivity index (χ2n) is 4.13. The van der Waals surface area contributed by atoms with E-state index >= 15 is 0 Å². The number of H-pyrrole nitrogens is 1. The molecule has 1 aromatic carbocycles. The van der Waals surface area contributed by atoms with Gasteiger partial charge in [0.05, 0.1) is 11.8 Å². The zero-order valence-corrected chi connectivity index (χ0v) is 10.3. The Bertz CT molecular complexity index is 759. The molecule has 0 saturated heterocycles. The van der Waals surface area contributed by atoms with E-state index in [0.717, 1.165) is 0 Å². The van der Waals surface area contributed by atoms with Crippen molar-refractivity contribution in [1.29, 1.82) is 0 Å². The Morgan fingerprint density at radius 3 is 2.70 bits per heavy atom. The number of benzene rings is 1. The topological polar surface area (TPSA) is 55.7 Å². The molecule has 104 valence electrons. The monoisotopic (exact) mass is 282 g/mol. The van der Waals surface area contributed by atoms with Gasteiger partial charge < -0.3 is 9.72 Å². The molecule has 20 heavy (non-hydrogen) atoms. The van der Waals surface area contributed by atoms with Crippen LogP contribution in [0.25, 0.3) is 22.6 Å². The highest BCUT2D eigenvalue weighted by Crippen LogP contribution is 2.32. The SMILES string of the molecule is Cn1ncc2[nH]c(-c3ccccc3OC(F)(F)F)nc21. The number of aromatic nitrogens is 4. The number of alkyl halides is 3. The first-order chi connectivity index (χ1) is 9.44. The van der Waals surface area contributed by atoms with Crippen molar-refractivity contribution in [1.82, 2.24) is 19.7 Å². The second-order valence-corrected chi connectivity index (χ2v) is 4.13. The minimum absolute atomic E-state index is 0.237. The fourth-order valence-electron chi connectivity index (χ4n) is 1.92. The van der Waals surface area contributed by atoms with Gasteiger partial charge in [0.25, 0.3) is 0 Å². The van der Waals surface area contributed by atoms with Gasteiger partial charge in [-0.25, -0.2) is 9.67 Å². The molecule has 3 aromatic rings. The fourth-order valence-corrected chi connectivity index (χ4v) is 1.92. The number of rotatable bonds is 2. The van der Waals surface area contributed by atoms with E-state index in [0.29, 0.717) is 17.0 Å². The van der Waals surface area contributed by atoms with Crippen molar-refractivity contribution < 1.29 is 17.9 Å². The van der Waals surface area contributed by atoms with Gasteiger partial charge in [0, 0.05) is 7.05 Å². The third-order valence-corrected chi connectivity index (χ3v) is 2.75. The van der Waals surface area contributed by atoms with Crippen LogP contribution in [0.5, 0.6) is 5.75 Å². The number of aromatic amines is 1. The molecular weight excluding hydrogens is 273 g/mol. The largest absolute Gasteiger partial charge is 0.573 e. The third kappa shape index (κ3) is 2.20. The van der Waals surface area contributed by atoms with Crippen LogP contribution in [0.15, 0.2) is 30.5 Å². The molecular formula is C12H9F3N4O. The van der Waals surface area contributed by atoms with Gasteiger partial charge in [0.15, 0.2) is 5.65 Å². The van der Waals surface area contributed by atoms with Gasteiger partial charge in [-0.2, -0.15) is 5.10 Å². The van der Waals surface area contributed by atoms with Gasteiger partial charge in [0.2, 0.25) is 0 Å². The average molecular weight is 282 g/mol. The molecule has 0 aliphatic carbocycles. The van der Waals surface area contributed by atoms with Crippen LogP contribution in [0.3, 0.4) is 0 Å². The van der Waals surface area contributed by atoms with Gasteiger partial charge in [-0.15, -0.1) is 13.2 Å². The molecule has 0 spiro atoms.